The molecule has 0 radical (unpaired) electrons. The average molecular weight is 386 g/mol. The average Bonchev–Trinajstić information content (AvgIpc) is 3.05. The standard InChI is InChI=1S/C19H20BrN3O/c1-24-15-3-4-18-16(10-15)17(12-21-18)13-6-8-23(9-7-13)19-5-2-14(20)11-22-19/h2-5,10-13,21H,6-9H2,1H3. The summed E-state index contributed by atoms with van der Waals surface area (Å²) in [5.41, 5.74) is 2.59. The summed E-state index contributed by atoms with van der Waals surface area (Å²) < 4.78 is 6.41. The van der Waals surface area contributed by atoms with Crippen LogP contribution in [0.15, 0.2) is 47.2 Å². The van der Waals surface area contributed by atoms with Crippen molar-refractivity contribution in [3.63, 3.8) is 0 Å². The highest BCUT2D eigenvalue weighted by Gasteiger charge is 2.23. The molecule has 1 aliphatic heterocycles. The minimum atomic E-state index is 0.581. The number of H-pyrrole nitrogens is 1. The number of aromatic nitrogens is 2. The number of halogens is 1. The van der Waals surface area contributed by atoms with Crippen molar-refractivity contribution in [1.29, 1.82) is 0 Å². The number of nitrogens with zero attached hydrogens (tertiary/aromatic N) is 2. The first kappa shape index (κ1) is 15.5. The second-order valence-electron chi connectivity index (χ2n) is 6.25. The molecule has 0 aliphatic carbocycles. The number of hydrogen-bond acceptors (Lipinski definition) is 3. The van der Waals surface area contributed by atoms with Gasteiger partial charge >= 0.3 is 0 Å². The third-order valence-corrected chi connectivity index (χ3v) is 5.36. The Morgan fingerprint density at radius 1 is 1.21 bits per heavy atom. The van der Waals surface area contributed by atoms with Crippen LogP contribution in [-0.4, -0.2) is 30.2 Å². The Kier molecular flexibility index (Phi) is 4.19. The maximum absolute atomic E-state index is 5.38. The molecule has 1 aromatic carbocycles. The maximum Gasteiger partial charge on any atom is 0.128 e. The minimum absolute atomic E-state index is 0.581. The van der Waals surface area contributed by atoms with Gasteiger partial charge in [-0.3, -0.25) is 0 Å². The zero-order valence-electron chi connectivity index (χ0n) is 13.6. The molecule has 1 N–H and O–H groups in total. The van der Waals surface area contributed by atoms with E-state index in [4.69, 9.17) is 4.74 Å². The van der Waals surface area contributed by atoms with Crippen LogP contribution < -0.4 is 9.64 Å². The molecule has 0 spiro atoms. The van der Waals surface area contributed by atoms with Gasteiger partial charge in [-0.2, -0.15) is 0 Å². The van der Waals surface area contributed by atoms with Crippen molar-refractivity contribution < 1.29 is 4.74 Å². The highest BCUT2D eigenvalue weighted by atomic mass is 79.9. The molecule has 1 aliphatic rings. The summed E-state index contributed by atoms with van der Waals surface area (Å²) in [4.78, 5) is 10.3. The molecule has 3 heterocycles. The van der Waals surface area contributed by atoms with Crippen molar-refractivity contribution in [1.82, 2.24) is 9.97 Å². The third kappa shape index (κ3) is 2.88. The van der Waals surface area contributed by atoms with Crippen LogP contribution >= 0.6 is 15.9 Å². The van der Waals surface area contributed by atoms with Crippen LogP contribution in [0.2, 0.25) is 0 Å². The summed E-state index contributed by atoms with van der Waals surface area (Å²) in [6.45, 7) is 2.08. The first-order valence-electron chi connectivity index (χ1n) is 8.26. The van der Waals surface area contributed by atoms with Crippen LogP contribution in [0.3, 0.4) is 0 Å². The van der Waals surface area contributed by atoms with Crippen LogP contribution in [0.1, 0.15) is 24.3 Å². The molecule has 4 rings (SSSR count). The predicted octanol–water partition coefficient (Wildman–Crippen LogP) is 4.72. The van der Waals surface area contributed by atoms with E-state index in [2.05, 4.69) is 61.3 Å². The van der Waals surface area contributed by atoms with Crippen LogP contribution in [0.4, 0.5) is 5.82 Å². The number of piperidine rings is 1. The van der Waals surface area contributed by atoms with Gasteiger partial charge in [0.2, 0.25) is 0 Å². The van der Waals surface area contributed by atoms with E-state index in [0.29, 0.717) is 5.92 Å². The molecule has 5 heteroatoms. The number of ether oxygens (including phenoxy) is 1. The molecule has 0 bridgehead atoms. The van der Waals surface area contributed by atoms with E-state index < -0.39 is 0 Å². The molecular formula is C19H20BrN3O. The molecule has 0 unspecified atom stereocenters. The second-order valence-corrected chi connectivity index (χ2v) is 7.17. The topological polar surface area (TPSA) is 41.1 Å². The summed E-state index contributed by atoms with van der Waals surface area (Å²) in [7, 11) is 1.72. The summed E-state index contributed by atoms with van der Waals surface area (Å²) in [6.07, 6.45) is 6.32. The summed E-state index contributed by atoms with van der Waals surface area (Å²) in [5.74, 6) is 2.56. The van der Waals surface area contributed by atoms with Crippen molar-refractivity contribution in [3.05, 3.63) is 52.8 Å². The highest BCUT2D eigenvalue weighted by Crippen LogP contribution is 2.35. The quantitative estimate of drug-likeness (QED) is 0.708. The van der Waals surface area contributed by atoms with Crippen LogP contribution in [0.25, 0.3) is 10.9 Å². The second kappa shape index (κ2) is 6.48. The van der Waals surface area contributed by atoms with Crippen molar-refractivity contribution in [2.45, 2.75) is 18.8 Å². The molecule has 24 heavy (non-hydrogen) atoms. The summed E-state index contributed by atoms with van der Waals surface area (Å²) in [6, 6.07) is 10.4. The minimum Gasteiger partial charge on any atom is -0.497 e. The molecule has 1 saturated heterocycles. The Morgan fingerprint density at radius 3 is 2.75 bits per heavy atom. The lowest BCUT2D eigenvalue weighted by atomic mass is 9.89. The first-order chi connectivity index (χ1) is 11.7. The van der Waals surface area contributed by atoms with Gasteiger partial charge in [-0.1, -0.05) is 0 Å². The van der Waals surface area contributed by atoms with Crippen LogP contribution in [0.5, 0.6) is 5.75 Å². The van der Waals surface area contributed by atoms with E-state index in [1.54, 1.807) is 7.11 Å². The van der Waals surface area contributed by atoms with Gasteiger partial charge in [0.05, 0.1) is 7.11 Å². The van der Waals surface area contributed by atoms with E-state index in [1.165, 1.54) is 16.5 Å². The van der Waals surface area contributed by atoms with Gasteiger partial charge in [-0.25, -0.2) is 4.98 Å². The van der Waals surface area contributed by atoms with Gasteiger partial charge < -0.3 is 14.6 Å². The Bertz CT molecular complexity index is 835. The third-order valence-electron chi connectivity index (χ3n) is 4.89. The van der Waals surface area contributed by atoms with Gasteiger partial charge in [0.1, 0.15) is 11.6 Å². The number of rotatable bonds is 3. The molecule has 2 aromatic heterocycles. The molecule has 4 nitrogen and oxygen atoms in total. The normalized spacial score (nSPS) is 15.8. The monoisotopic (exact) mass is 385 g/mol. The van der Waals surface area contributed by atoms with Crippen molar-refractivity contribution >= 4 is 32.7 Å². The van der Waals surface area contributed by atoms with Crippen molar-refractivity contribution in [2.24, 2.45) is 0 Å². The van der Waals surface area contributed by atoms with Gasteiger partial charge in [-0.15, -0.1) is 0 Å². The van der Waals surface area contributed by atoms with Crippen molar-refractivity contribution in [3.8, 4) is 5.75 Å². The molecule has 1 fully saturated rings. The van der Waals surface area contributed by atoms with E-state index >= 15 is 0 Å². The van der Waals surface area contributed by atoms with E-state index in [9.17, 15) is 0 Å². The predicted molar refractivity (Wildman–Crippen MR) is 101 cm³/mol. The fourth-order valence-corrected chi connectivity index (χ4v) is 3.80. The largest absolute Gasteiger partial charge is 0.497 e. The summed E-state index contributed by atoms with van der Waals surface area (Å²) in [5, 5.41) is 1.29. The highest BCUT2D eigenvalue weighted by molar-refractivity contribution is 9.10. The lowest BCUT2D eigenvalue weighted by Gasteiger charge is -2.32. The number of methoxy groups -OCH3 is 1. The number of aromatic amines is 1. The van der Waals surface area contributed by atoms with E-state index in [-0.39, 0.29) is 0 Å². The Morgan fingerprint density at radius 2 is 2.04 bits per heavy atom. The fraction of sp³-hybridized carbons (Fsp3) is 0.316. The SMILES string of the molecule is COc1ccc2[nH]cc(C3CCN(c4ccc(Br)cn4)CC3)c2c1. The number of benzene rings is 1. The smallest absolute Gasteiger partial charge is 0.128 e. The Labute approximate surface area is 150 Å². The maximum atomic E-state index is 5.38. The van der Waals surface area contributed by atoms with Gasteiger partial charge in [0.15, 0.2) is 0 Å². The Balaban J connectivity index is 1.52. The van der Waals surface area contributed by atoms with Crippen LogP contribution in [0, 0.1) is 0 Å². The van der Waals surface area contributed by atoms with Gasteiger partial charge in [0.25, 0.3) is 0 Å². The number of anilines is 1. The number of nitrogens with one attached hydrogen (secondary N) is 1. The molecule has 3 aromatic rings. The van der Waals surface area contributed by atoms with E-state index in [0.717, 1.165) is 42.0 Å². The lowest BCUT2D eigenvalue weighted by Crippen LogP contribution is -2.33. The molecule has 124 valence electrons. The number of fused-ring (bicyclic) bond motifs is 1. The number of hydrogen-bond donors (Lipinski definition) is 1. The zero-order valence-corrected chi connectivity index (χ0v) is 15.2. The molecule has 0 saturated carbocycles. The van der Waals surface area contributed by atoms with Crippen LogP contribution in [-0.2, 0) is 0 Å². The molecular weight excluding hydrogens is 366 g/mol. The fourth-order valence-electron chi connectivity index (χ4n) is 3.56. The summed E-state index contributed by atoms with van der Waals surface area (Å²) >= 11 is 3.45. The van der Waals surface area contributed by atoms with Gasteiger partial charge in [0, 0.05) is 40.9 Å². The van der Waals surface area contributed by atoms with Crippen molar-refractivity contribution in [2.75, 3.05) is 25.1 Å². The lowest BCUT2D eigenvalue weighted by molar-refractivity contribution is 0.415. The van der Waals surface area contributed by atoms with Gasteiger partial charge in [-0.05, 0) is 70.6 Å². The Hall–Kier alpha value is -2.01. The van der Waals surface area contributed by atoms with E-state index in [1.807, 2.05) is 12.3 Å². The molecule has 0 amide bonds. The molecule has 0 atom stereocenters. The first-order valence-corrected chi connectivity index (χ1v) is 9.05. The zero-order chi connectivity index (χ0) is 16.5. The number of pyridine rings is 1.